The summed E-state index contributed by atoms with van der Waals surface area (Å²) in [4.78, 5) is 11.3. The molecular formula is C12H18O3. The molecule has 1 heterocycles. The third kappa shape index (κ3) is 2.85. The second-order valence-corrected chi connectivity index (χ2v) is 3.49. The molecule has 1 aliphatic rings. The summed E-state index contributed by atoms with van der Waals surface area (Å²) in [6, 6.07) is 0. The summed E-state index contributed by atoms with van der Waals surface area (Å²) in [6.45, 7) is 6.30. The van der Waals surface area contributed by atoms with Gasteiger partial charge in [0, 0.05) is 0 Å². The highest BCUT2D eigenvalue weighted by Gasteiger charge is 2.27. The van der Waals surface area contributed by atoms with Crippen LogP contribution < -0.4 is 0 Å². The van der Waals surface area contributed by atoms with Gasteiger partial charge in [-0.1, -0.05) is 13.3 Å². The summed E-state index contributed by atoms with van der Waals surface area (Å²) in [7, 11) is 0. The molecule has 0 spiro atoms. The summed E-state index contributed by atoms with van der Waals surface area (Å²) in [5, 5.41) is 0. The molecule has 0 atom stereocenters. The van der Waals surface area contributed by atoms with E-state index in [1.165, 1.54) is 0 Å². The minimum Gasteiger partial charge on any atom is -0.489 e. The van der Waals surface area contributed by atoms with Gasteiger partial charge in [0.25, 0.3) is 0 Å². The third-order valence-corrected chi connectivity index (χ3v) is 2.25. The zero-order valence-corrected chi connectivity index (χ0v) is 9.63. The average Bonchev–Trinajstić information content (AvgIpc) is 2.47. The lowest BCUT2D eigenvalue weighted by molar-refractivity contribution is -0.133. The standard InChI is InChI=1S/C12H18O3/c1-4-6-7-8-10-11(14-5-2)9(3)12(13)15-10/h8H,4-7H2,1-3H3/b10-8+. The number of esters is 1. The lowest BCUT2D eigenvalue weighted by Crippen LogP contribution is -1.94. The van der Waals surface area contributed by atoms with Crippen LogP contribution in [0, 0.1) is 0 Å². The summed E-state index contributed by atoms with van der Waals surface area (Å²) in [5.74, 6) is 0.910. The Hall–Kier alpha value is -1.25. The van der Waals surface area contributed by atoms with Gasteiger partial charge in [0.05, 0.1) is 12.2 Å². The van der Waals surface area contributed by atoms with E-state index in [9.17, 15) is 4.79 Å². The van der Waals surface area contributed by atoms with Crippen molar-refractivity contribution in [1.82, 2.24) is 0 Å². The third-order valence-electron chi connectivity index (χ3n) is 2.25. The topological polar surface area (TPSA) is 35.5 Å². The highest BCUT2D eigenvalue weighted by atomic mass is 16.6. The van der Waals surface area contributed by atoms with Crippen molar-refractivity contribution in [1.29, 1.82) is 0 Å². The molecule has 1 aliphatic heterocycles. The molecule has 0 amide bonds. The van der Waals surface area contributed by atoms with Gasteiger partial charge >= 0.3 is 5.97 Å². The molecule has 1 rings (SSSR count). The molecule has 3 heteroatoms. The Morgan fingerprint density at radius 3 is 2.73 bits per heavy atom. The fraction of sp³-hybridized carbons (Fsp3) is 0.583. The number of hydrogen-bond donors (Lipinski definition) is 0. The second-order valence-electron chi connectivity index (χ2n) is 3.49. The Morgan fingerprint density at radius 1 is 1.40 bits per heavy atom. The molecule has 0 unspecified atom stereocenters. The highest BCUT2D eigenvalue weighted by Crippen LogP contribution is 2.27. The number of rotatable bonds is 5. The number of ether oxygens (including phenoxy) is 2. The van der Waals surface area contributed by atoms with Crippen molar-refractivity contribution >= 4 is 5.97 Å². The van der Waals surface area contributed by atoms with Gasteiger partial charge in [-0.25, -0.2) is 4.79 Å². The van der Waals surface area contributed by atoms with Crippen LogP contribution in [0.4, 0.5) is 0 Å². The van der Waals surface area contributed by atoms with E-state index in [1.54, 1.807) is 6.92 Å². The Morgan fingerprint density at radius 2 is 2.13 bits per heavy atom. The molecular weight excluding hydrogens is 192 g/mol. The average molecular weight is 210 g/mol. The maximum atomic E-state index is 11.3. The summed E-state index contributed by atoms with van der Waals surface area (Å²) < 4.78 is 10.5. The Balaban J connectivity index is 2.74. The number of allylic oxidation sites excluding steroid dienone is 1. The lowest BCUT2D eigenvalue weighted by Gasteiger charge is -2.05. The monoisotopic (exact) mass is 210 g/mol. The van der Waals surface area contributed by atoms with E-state index in [0.29, 0.717) is 23.7 Å². The number of unbranched alkanes of at least 4 members (excludes halogenated alkanes) is 2. The summed E-state index contributed by atoms with van der Waals surface area (Å²) >= 11 is 0. The molecule has 3 nitrogen and oxygen atoms in total. The molecule has 0 aromatic rings. The number of carbonyl (C=O) groups excluding carboxylic acids is 1. The molecule has 0 N–H and O–H groups in total. The lowest BCUT2D eigenvalue weighted by atomic mass is 10.2. The van der Waals surface area contributed by atoms with E-state index >= 15 is 0 Å². The summed E-state index contributed by atoms with van der Waals surface area (Å²) in [6.07, 6.45) is 5.08. The molecule has 0 aromatic heterocycles. The first-order valence-corrected chi connectivity index (χ1v) is 5.47. The minimum atomic E-state index is -0.291. The fourth-order valence-electron chi connectivity index (χ4n) is 1.40. The molecule has 0 saturated carbocycles. The zero-order valence-electron chi connectivity index (χ0n) is 9.63. The Labute approximate surface area is 90.8 Å². The van der Waals surface area contributed by atoms with Gasteiger partial charge in [0.15, 0.2) is 11.5 Å². The van der Waals surface area contributed by atoms with Crippen LogP contribution in [-0.2, 0) is 14.3 Å². The van der Waals surface area contributed by atoms with E-state index in [-0.39, 0.29) is 5.97 Å². The maximum absolute atomic E-state index is 11.3. The molecule has 0 bridgehead atoms. The van der Waals surface area contributed by atoms with Crippen molar-refractivity contribution in [3.05, 3.63) is 23.2 Å². The molecule has 0 saturated heterocycles. The van der Waals surface area contributed by atoms with E-state index in [2.05, 4.69) is 6.92 Å². The largest absolute Gasteiger partial charge is 0.489 e. The van der Waals surface area contributed by atoms with Crippen molar-refractivity contribution in [3.8, 4) is 0 Å². The van der Waals surface area contributed by atoms with Crippen LogP contribution in [0.3, 0.4) is 0 Å². The van der Waals surface area contributed by atoms with E-state index in [1.807, 2.05) is 13.0 Å². The predicted octanol–water partition coefficient (Wildman–Crippen LogP) is 2.93. The smallest absolute Gasteiger partial charge is 0.343 e. The summed E-state index contributed by atoms with van der Waals surface area (Å²) in [5.41, 5.74) is 0.569. The van der Waals surface area contributed by atoms with Crippen molar-refractivity contribution in [3.63, 3.8) is 0 Å². The minimum absolute atomic E-state index is 0.291. The first-order valence-electron chi connectivity index (χ1n) is 5.47. The van der Waals surface area contributed by atoms with Crippen LogP contribution in [0.5, 0.6) is 0 Å². The van der Waals surface area contributed by atoms with Crippen LogP contribution >= 0.6 is 0 Å². The van der Waals surface area contributed by atoms with Crippen LogP contribution in [-0.4, -0.2) is 12.6 Å². The molecule has 0 radical (unpaired) electrons. The molecule has 84 valence electrons. The molecule has 0 aliphatic carbocycles. The quantitative estimate of drug-likeness (QED) is 0.517. The van der Waals surface area contributed by atoms with Crippen LogP contribution in [0.1, 0.15) is 40.0 Å². The number of hydrogen-bond acceptors (Lipinski definition) is 3. The van der Waals surface area contributed by atoms with Gasteiger partial charge in [-0.05, 0) is 32.8 Å². The molecule has 15 heavy (non-hydrogen) atoms. The first kappa shape index (κ1) is 11.8. The van der Waals surface area contributed by atoms with Gasteiger partial charge in [-0.15, -0.1) is 0 Å². The van der Waals surface area contributed by atoms with Crippen molar-refractivity contribution in [2.24, 2.45) is 0 Å². The molecule has 0 fully saturated rings. The van der Waals surface area contributed by atoms with Crippen molar-refractivity contribution < 1.29 is 14.3 Å². The second kappa shape index (κ2) is 5.59. The van der Waals surface area contributed by atoms with Gasteiger partial charge in [-0.2, -0.15) is 0 Å². The van der Waals surface area contributed by atoms with Gasteiger partial charge in [-0.3, -0.25) is 0 Å². The van der Waals surface area contributed by atoms with Gasteiger partial charge in [0.2, 0.25) is 0 Å². The molecule has 0 aromatic carbocycles. The fourth-order valence-corrected chi connectivity index (χ4v) is 1.40. The van der Waals surface area contributed by atoms with Gasteiger partial charge < -0.3 is 9.47 Å². The van der Waals surface area contributed by atoms with Gasteiger partial charge in [0.1, 0.15) is 0 Å². The highest BCUT2D eigenvalue weighted by molar-refractivity contribution is 5.93. The van der Waals surface area contributed by atoms with Crippen molar-refractivity contribution in [2.45, 2.75) is 40.0 Å². The van der Waals surface area contributed by atoms with Crippen LogP contribution in [0.15, 0.2) is 23.2 Å². The maximum Gasteiger partial charge on any atom is 0.343 e. The Bertz CT molecular complexity index is 300. The van der Waals surface area contributed by atoms with E-state index < -0.39 is 0 Å². The normalized spacial score (nSPS) is 18.6. The SMILES string of the molecule is CCCC/C=C1/OC(=O)C(C)=C1OCC. The van der Waals surface area contributed by atoms with E-state index in [4.69, 9.17) is 9.47 Å². The van der Waals surface area contributed by atoms with Crippen LogP contribution in [0.2, 0.25) is 0 Å². The van der Waals surface area contributed by atoms with E-state index in [0.717, 1.165) is 19.3 Å². The van der Waals surface area contributed by atoms with Crippen LogP contribution in [0.25, 0.3) is 0 Å². The Kier molecular flexibility index (Phi) is 4.40. The van der Waals surface area contributed by atoms with Crippen molar-refractivity contribution in [2.75, 3.05) is 6.61 Å². The first-order chi connectivity index (χ1) is 7.20. The zero-order chi connectivity index (χ0) is 11.3. The predicted molar refractivity (Wildman–Crippen MR) is 58.0 cm³/mol. The number of carbonyl (C=O) groups is 1. The number of cyclic esters (lactones) is 1.